The van der Waals surface area contributed by atoms with Crippen LogP contribution in [0.1, 0.15) is 24.3 Å². The lowest BCUT2D eigenvalue weighted by molar-refractivity contribution is -0.119. The molecule has 1 amide bonds. The normalized spacial score (nSPS) is 16.6. The van der Waals surface area contributed by atoms with E-state index in [4.69, 9.17) is 4.52 Å². The Balaban J connectivity index is 1.48. The number of aromatic nitrogens is 2. The van der Waals surface area contributed by atoms with Gasteiger partial charge in [-0.3, -0.25) is 14.7 Å². The summed E-state index contributed by atoms with van der Waals surface area (Å²) in [6.07, 6.45) is 3.26. The SMILES string of the molecule is O=C1CC[C@@H](CN(Cc2ccccn2)Cc2cc(-c3ccccc3)no2)N1. The average molecular weight is 362 g/mol. The van der Waals surface area contributed by atoms with E-state index in [0.717, 1.165) is 35.7 Å². The number of amides is 1. The van der Waals surface area contributed by atoms with E-state index in [1.807, 2.05) is 54.6 Å². The summed E-state index contributed by atoms with van der Waals surface area (Å²) in [7, 11) is 0. The Kier molecular flexibility index (Phi) is 5.25. The molecule has 1 N–H and O–H groups in total. The van der Waals surface area contributed by atoms with Crippen molar-refractivity contribution in [2.45, 2.75) is 32.0 Å². The van der Waals surface area contributed by atoms with Crippen molar-refractivity contribution in [1.82, 2.24) is 20.4 Å². The topological polar surface area (TPSA) is 71.3 Å². The van der Waals surface area contributed by atoms with E-state index in [1.165, 1.54) is 0 Å². The van der Waals surface area contributed by atoms with E-state index >= 15 is 0 Å². The van der Waals surface area contributed by atoms with Crippen LogP contribution >= 0.6 is 0 Å². The van der Waals surface area contributed by atoms with Crippen molar-refractivity contribution in [3.63, 3.8) is 0 Å². The van der Waals surface area contributed by atoms with Gasteiger partial charge in [0.15, 0.2) is 5.76 Å². The molecule has 1 aliphatic heterocycles. The maximum absolute atomic E-state index is 11.5. The molecule has 4 rings (SSSR count). The van der Waals surface area contributed by atoms with Crippen LogP contribution in [0, 0.1) is 0 Å². The Labute approximate surface area is 158 Å². The molecule has 1 aromatic carbocycles. The van der Waals surface area contributed by atoms with Crippen molar-refractivity contribution in [1.29, 1.82) is 0 Å². The molecule has 6 heteroatoms. The van der Waals surface area contributed by atoms with E-state index in [1.54, 1.807) is 6.20 Å². The van der Waals surface area contributed by atoms with Crippen molar-refractivity contribution < 1.29 is 9.32 Å². The summed E-state index contributed by atoms with van der Waals surface area (Å²) in [5.41, 5.74) is 2.86. The number of nitrogens with one attached hydrogen (secondary N) is 1. The third-order valence-electron chi connectivity index (χ3n) is 4.68. The number of rotatable bonds is 7. The molecule has 0 saturated carbocycles. The van der Waals surface area contributed by atoms with Crippen LogP contribution in [0.25, 0.3) is 11.3 Å². The van der Waals surface area contributed by atoms with Crippen LogP contribution in [0.3, 0.4) is 0 Å². The van der Waals surface area contributed by atoms with Gasteiger partial charge in [-0.2, -0.15) is 0 Å². The van der Waals surface area contributed by atoms with E-state index in [2.05, 4.69) is 20.4 Å². The first-order valence-corrected chi connectivity index (χ1v) is 9.19. The van der Waals surface area contributed by atoms with Crippen LogP contribution in [0.5, 0.6) is 0 Å². The molecule has 0 bridgehead atoms. The maximum atomic E-state index is 11.5. The maximum Gasteiger partial charge on any atom is 0.220 e. The van der Waals surface area contributed by atoms with Crippen molar-refractivity contribution in [2.24, 2.45) is 0 Å². The fourth-order valence-electron chi connectivity index (χ4n) is 3.38. The number of carbonyl (C=O) groups is 1. The molecule has 1 saturated heterocycles. The summed E-state index contributed by atoms with van der Waals surface area (Å²) in [6.45, 7) is 2.06. The molecule has 1 aliphatic rings. The minimum atomic E-state index is 0.129. The Morgan fingerprint density at radius 1 is 1.11 bits per heavy atom. The minimum absolute atomic E-state index is 0.129. The van der Waals surface area contributed by atoms with Crippen molar-refractivity contribution in [3.8, 4) is 11.3 Å². The van der Waals surface area contributed by atoms with Crippen LogP contribution in [-0.4, -0.2) is 33.5 Å². The molecule has 3 heterocycles. The lowest BCUT2D eigenvalue weighted by Crippen LogP contribution is -2.38. The lowest BCUT2D eigenvalue weighted by Gasteiger charge is -2.24. The molecule has 6 nitrogen and oxygen atoms in total. The zero-order valence-electron chi connectivity index (χ0n) is 15.0. The first-order valence-electron chi connectivity index (χ1n) is 9.19. The Morgan fingerprint density at radius 3 is 2.70 bits per heavy atom. The Morgan fingerprint density at radius 2 is 1.96 bits per heavy atom. The summed E-state index contributed by atoms with van der Waals surface area (Å²) in [5.74, 6) is 0.929. The highest BCUT2D eigenvalue weighted by molar-refractivity contribution is 5.78. The van der Waals surface area contributed by atoms with Gasteiger partial charge in [0.25, 0.3) is 0 Å². The smallest absolute Gasteiger partial charge is 0.220 e. The summed E-state index contributed by atoms with van der Waals surface area (Å²) in [4.78, 5) is 18.2. The molecule has 0 aliphatic carbocycles. The number of hydrogen-bond donors (Lipinski definition) is 1. The number of benzene rings is 1. The molecule has 0 unspecified atom stereocenters. The van der Waals surface area contributed by atoms with Crippen molar-refractivity contribution >= 4 is 5.91 Å². The molecule has 3 aromatic rings. The monoisotopic (exact) mass is 362 g/mol. The highest BCUT2D eigenvalue weighted by Gasteiger charge is 2.24. The third-order valence-corrected chi connectivity index (χ3v) is 4.68. The van der Waals surface area contributed by atoms with Gasteiger partial charge in [-0.05, 0) is 18.6 Å². The fraction of sp³-hybridized carbons (Fsp3) is 0.286. The van der Waals surface area contributed by atoms with Crippen molar-refractivity contribution in [2.75, 3.05) is 6.54 Å². The molecule has 1 fully saturated rings. The van der Waals surface area contributed by atoms with Gasteiger partial charge in [0.2, 0.25) is 5.91 Å². The minimum Gasteiger partial charge on any atom is -0.359 e. The van der Waals surface area contributed by atoms with E-state index in [9.17, 15) is 4.79 Å². The second kappa shape index (κ2) is 8.14. The molecule has 2 aromatic heterocycles. The second-order valence-corrected chi connectivity index (χ2v) is 6.84. The van der Waals surface area contributed by atoms with E-state index < -0.39 is 0 Å². The zero-order chi connectivity index (χ0) is 18.5. The molecular formula is C21H22N4O2. The highest BCUT2D eigenvalue weighted by atomic mass is 16.5. The summed E-state index contributed by atoms with van der Waals surface area (Å²) >= 11 is 0. The van der Waals surface area contributed by atoms with Gasteiger partial charge in [0.1, 0.15) is 5.69 Å². The summed E-state index contributed by atoms with van der Waals surface area (Å²) in [5, 5.41) is 7.24. The van der Waals surface area contributed by atoms with Gasteiger partial charge in [0.05, 0.1) is 12.2 Å². The number of carbonyl (C=O) groups excluding carboxylic acids is 1. The van der Waals surface area contributed by atoms with Gasteiger partial charge >= 0.3 is 0 Å². The van der Waals surface area contributed by atoms with Crippen LogP contribution < -0.4 is 5.32 Å². The molecule has 0 spiro atoms. The van der Waals surface area contributed by atoms with Crippen LogP contribution in [0.2, 0.25) is 0 Å². The predicted octanol–water partition coefficient (Wildman–Crippen LogP) is 3.02. The Bertz CT molecular complexity index is 879. The van der Waals surface area contributed by atoms with E-state index in [-0.39, 0.29) is 11.9 Å². The molecule has 1 atom stereocenters. The van der Waals surface area contributed by atoms with Gasteiger partial charge in [-0.25, -0.2) is 0 Å². The van der Waals surface area contributed by atoms with Gasteiger partial charge in [-0.15, -0.1) is 0 Å². The highest BCUT2D eigenvalue weighted by Crippen LogP contribution is 2.20. The lowest BCUT2D eigenvalue weighted by atomic mass is 10.1. The first-order chi connectivity index (χ1) is 13.3. The average Bonchev–Trinajstić information content (AvgIpc) is 3.32. The van der Waals surface area contributed by atoms with Crippen LogP contribution in [-0.2, 0) is 17.9 Å². The number of nitrogens with zero attached hydrogens (tertiary/aromatic N) is 3. The second-order valence-electron chi connectivity index (χ2n) is 6.84. The van der Waals surface area contributed by atoms with Crippen LogP contribution in [0.4, 0.5) is 0 Å². The fourth-order valence-corrected chi connectivity index (χ4v) is 3.38. The molecular weight excluding hydrogens is 340 g/mol. The number of hydrogen-bond acceptors (Lipinski definition) is 5. The predicted molar refractivity (Wildman–Crippen MR) is 101 cm³/mol. The van der Waals surface area contributed by atoms with Gasteiger partial charge in [0, 0.05) is 43.4 Å². The van der Waals surface area contributed by atoms with Gasteiger partial charge < -0.3 is 9.84 Å². The summed E-state index contributed by atoms with van der Waals surface area (Å²) in [6, 6.07) is 18.0. The van der Waals surface area contributed by atoms with E-state index in [0.29, 0.717) is 19.5 Å². The quantitative estimate of drug-likeness (QED) is 0.699. The van der Waals surface area contributed by atoms with Crippen molar-refractivity contribution in [3.05, 3.63) is 72.2 Å². The number of pyridine rings is 1. The van der Waals surface area contributed by atoms with Crippen LogP contribution in [0.15, 0.2) is 65.3 Å². The molecule has 0 radical (unpaired) electrons. The van der Waals surface area contributed by atoms with Gasteiger partial charge in [-0.1, -0.05) is 41.6 Å². The zero-order valence-corrected chi connectivity index (χ0v) is 15.0. The Hall–Kier alpha value is -2.99. The standard InChI is InChI=1S/C21H22N4O2/c26-21-10-9-18(23-21)14-25(13-17-8-4-5-11-22-17)15-19-12-20(24-27-19)16-6-2-1-3-7-16/h1-8,11-12,18H,9-10,13-15H2,(H,23,26)/t18-/m0/s1. The summed E-state index contributed by atoms with van der Waals surface area (Å²) < 4.78 is 5.57. The largest absolute Gasteiger partial charge is 0.359 e. The molecule has 27 heavy (non-hydrogen) atoms. The first kappa shape index (κ1) is 17.4. The third kappa shape index (κ3) is 4.60. The molecule has 138 valence electrons.